The van der Waals surface area contributed by atoms with E-state index in [0.717, 1.165) is 12.1 Å². The number of halogens is 1. The van der Waals surface area contributed by atoms with Crippen molar-refractivity contribution >= 4 is 27.8 Å². The number of carboxylic acid groups (broad SMARTS) is 1. The van der Waals surface area contributed by atoms with Gasteiger partial charge in [0, 0.05) is 0 Å². The second kappa shape index (κ2) is 7.05. The van der Waals surface area contributed by atoms with E-state index in [1.807, 2.05) is 0 Å². The first-order valence-electron chi connectivity index (χ1n) is 5.78. The Morgan fingerprint density at radius 1 is 1.50 bits per heavy atom. The highest BCUT2D eigenvalue weighted by Gasteiger charge is 2.26. The molecule has 0 unspecified atom stereocenters. The van der Waals surface area contributed by atoms with Crippen molar-refractivity contribution in [2.24, 2.45) is 0 Å². The maximum absolute atomic E-state index is 13.2. The van der Waals surface area contributed by atoms with Gasteiger partial charge in [0.2, 0.25) is 10.0 Å². The zero-order chi connectivity index (χ0) is 15.3. The van der Waals surface area contributed by atoms with E-state index >= 15 is 0 Å². The molecule has 0 radical (unpaired) electrons. The number of hydrogen-bond acceptors (Lipinski definition) is 4. The van der Waals surface area contributed by atoms with Crippen molar-refractivity contribution in [2.75, 3.05) is 12.0 Å². The first-order chi connectivity index (χ1) is 9.27. The van der Waals surface area contributed by atoms with Gasteiger partial charge in [0.05, 0.1) is 4.90 Å². The van der Waals surface area contributed by atoms with E-state index in [4.69, 9.17) is 5.11 Å². The van der Waals surface area contributed by atoms with Crippen LogP contribution in [0.1, 0.15) is 12.0 Å². The third-order valence-electron chi connectivity index (χ3n) is 2.65. The Labute approximate surface area is 121 Å². The second-order valence-corrected chi connectivity index (χ2v) is 6.87. The van der Waals surface area contributed by atoms with E-state index in [0.29, 0.717) is 11.3 Å². The van der Waals surface area contributed by atoms with Crippen LogP contribution in [0.2, 0.25) is 0 Å². The van der Waals surface area contributed by atoms with Crippen molar-refractivity contribution in [1.29, 1.82) is 0 Å². The number of sulfonamides is 1. The molecule has 1 rings (SSSR count). The smallest absolute Gasteiger partial charge is 0.321 e. The summed E-state index contributed by atoms with van der Waals surface area (Å²) in [4.78, 5) is 10.8. The number of aryl methyl sites for hydroxylation is 1. The van der Waals surface area contributed by atoms with Gasteiger partial charge >= 0.3 is 5.97 Å². The number of carbonyl (C=O) groups is 1. The van der Waals surface area contributed by atoms with Gasteiger partial charge in [0.25, 0.3) is 0 Å². The van der Waals surface area contributed by atoms with E-state index < -0.39 is 27.9 Å². The molecule has 1 atom stereocenters. The van der Waals surface area contributed by atoms with Crippen LogP contribution in [0.5, 0.6) is 0 Å². The minimum absolute atomic E-state index is 0.157. The molecule has 8 heteroatoms. The maximum atomic E-state index is 13.2. The van der Waals surface area contributed by atoms with Crippen LogP contribution in [0.15, 0.2) is 23.1 Å². The van der Waals surface area contributed by atoms with Crippen LogP contribution in [-0.2, 0) is 14.8 Å². The van der Waals surface area contributed by atoms with E-state index in [-0.39, 0.29) is 11.3 Å². The molecule has 0 heterocycles. The molecule has 112 valence electrons. The average Bonchev–Trinajstić information content (AvgIpc) is 2.36. The fraction of sp³-hybridized carbons (Fsp3) is 0.417. The molecule has 0 bridgehead atoms. The van der Waals surface area contributed by atoms with Gasteiger partial charge in [0.15, 0.2) is 0 Å². The van der Waals surface area contributed by atoms with Crippen LogP contribution in [0.3, 0.4) is 0 Å². The molecule has 0 spiro atoms. The summed E-state index contributed by atoms with van der Waals surface area (Å²) >= 11 is 1.42. The summed E-state index contributed by atoms with van der Waals surface area (Å²) in [5, 5.41) is 9.02. The number of hydrogen-bond donors (Lipinski definition) is 2. The number of thioether (sulfide) groups is 1. The van der Waals surface area contributed by atoms with Gasteiger partial charge in [0.1, 0.15) is 11.9 Å². The number of nitrogens with one attached hydrogen (secondary N) is 1. The molecule has 0 saturated heterocycles. The van der Waals surface area contributed by atoms with Gasteiger partial charge in [-0.25, -0.2) is 12.8 Å². The minimum Gasteiger partial charge on any atom is -0.480 e. The van der Waals surface area contributed by atoms with Gasteiger partial charge in [-0.15, -0.1) is 0 Å². The fourth-order valence-electron chi connectivity index (χ4n) is 1.58. The van der Waals surface area contributed by atoms with Crippen molar-refractivity contribution in [3.63, 3.8) is 0 Å². The van der Waals surface area contributed by atoms with E-state index in [1.165, 1.54) is 24.8 Å². The summed E-state index contributed by atoms with van der Waals surface area (Å²) in [5.41, 5.74) is 0.355. The zero-order valence-electron chi connectivity index (χ0n) is 11.1. The van der Waals surface area contributed by atoms with Gasteiger partial charge in [-0.1, -0.05) is 6.07 Å². The van der Waals surface area contributed by atoms with Gasteiger partial charge in [-0.05, 0) is 43.0 Å². The quantitative estimate of drug-likeness (QED) is 0.797. The van der Waals surface area contributed by atoms with Crippen LogP contribution < -0.4 is 4.72 Å². The highest BCUT2D eigenvalue weighted by Crippen LogP contribution is 2.17. The molecule has 0 fully saturated rings. The van der Waals surface area contributed by atoms with Crippen LogP contribution >= 0.6 is 11.8 Å². The van der Waals surface area contributed by atoms with Gasteiger partial charge in [-0.3, -0.25) is 4.79 Å². The van der Waals surface area contributed by atoms with Crippen molar-refractivity contribution in [3.8, 4) is 0 Å². The highest BCUT2D eigenvalue weighted by molar-refractivity contribution is 7.98. The minimum atomic E-state index is -4.07. The fourth-order valence-corrected chi connectivity index (χ4v) is 3.53. The average molecular weight is 321 g/mol. The molecule has 0 aliphatic heterocycles. The number of carboxylic acids is 1. The van der Waals surface area contributed by atoms with E-state index in [2.05, 4.69) is 4.72 Å². The van der Waals surface area contributed by atoms with E-state index in [1.54, 1.807) is 6.26 Å². The molecule has 1 aromatic carbocycles. The summed E-state index contributed by atoms with van der Waals surface area (Å²) in [6, 6.07) is 2.14. The molecule has 0 saturated carbocycles. The zero-order valence-corrected chi connectivity index (χ0v) is 12.7. The Hall–Kier alpha value is -1.12. The van der Waals surface area contributed by atoms with Crippen molar-refractivity contribution in [3.05, 3.63) is 29.6 Å². The molecule has 0 amide bonds. The lowest BCUT2D eigenvalue weighted by Crippen LogP contribution is -2.41. The summed E-state index contributed by atoms with van der Waals surface area (Å²) < 4.78 is 39.5. The topological polar surface area (TPSA) is 83.5 Å². The monoisotopic (exact) mass is 321 g/mol. The number of benzene rings is 1. The van der Waals surface area contributed by atoms with E-state index in [9.17, 15) is 17.6 Å². The SMILES string of the molecule is CSCC[C@@H](NS(=O)(=O)c1cc(F)ccc1C)C(=O)O. The number of rotatable bonds is 7. The predicted octanol–water partition coefficient (Wildman–Crippen LogP) is 1.62. The van der Waals surface area contributed by atoms with Crippen LogP contribution in [-0.4, -0.2) is 37.5 Å². The van der Waals surface area contributed by atoms with Crippen LogP contribution in [0.25, 0.3) is 0 Å². The number of aliphatic carboxylic acids is 1. The third-order valence-corrected chi connectivity index (χ3v) is 4.90. The predicted molar refractivity (Wildman–Crippen MR) is 75.9 cm³/mol. The normalized spacial score (nSPS) is 13.2. The molecule has 0 aliphatic rings. The molecule has 0 aliphatic carbocycles. The first-order valence-corrected chi connectivity index (χ1v) is 8.66. The lowest BCUT2D eigenvalue weighted by atomic mass is 10.2. The Kier molecular flexibility index (Phi) is 5.97. The van der Waals surface area contributed by atoms with Crippen molar-refractivity contribution in [2.45, 2.75) is 24.3 Å². The molecular weight excluding hydrogens is 305 g/mol. The Balaban J connectivity index is 3.03. The third kappa shape index (κ3) is 4.46. The molecule has 1 aromatic rings. The molecule has 20 heavy (non-hydrogen) atoms. The Morgan fingerprint density at radius 2 is 2.15 bits per heavy atom. The standard InChI is InChI=1S/C12H16FNO4S2/c1-8-3-4-9(13)7-11(8)20(17,18)14-10(12(15)16)5-6-19-2/h3-4,7,10,14H,5-6H2,1-2H3,(H,15,16)/t10-/m1/s1. The second-order valence-electron chi connectivity index (χ2n) is 4.20. The van der Waals surface area contributed by atoms with Crippen molar-refractivity contribution < 1.29 is 22.7 Å². The molecule has 0 aromatic heterocycles. The maximum Gasteiger partial charge on any atom is 0.321 e. The highest BCUT2D eigenvalue weighted by atomic mass is 32.2. The molecule has 5 nitrogen and oxygen atoms in total. The first kappa shape index (κ1) is 16.9. The Morgan fingerprint density at radius 3 is 2.70 bits per heavy atom. The van der Waals surface area contributed by atoms with Crippen LogP contribution in [0.4, 0.5) is 4.39 Å². The summed E-state index contributed by atoms with van der Waals surface area (Å²) in [7, 11) is -4.07. The Bertz CT molecular complexity index is 589. The summed E-state index contributed by atoms with van der Waals surface area (Å²) in [6.45, 7) is 1.52. The lowest BCUT2D eigenvalue weighted by Gasteiger charge is -2.15. The molecular formula is C12H16FNO4S2. The summed E-state index contributed by atoms with van der Waals surface area (Å²) in [6.07, 6.45) is 1.95. The molecule has 2 N–H and O–H groups in total. The van der Waals surface area contributed by atoms with Gasteiger partial charge < -0.3 is 5.11 Å². The van der Waals surface area contributed by atoms with Crippen molar-refractivity contribution in [1.82, 2.24) is 4.72 Å². The lowest BCUT2D eigenvalue weighted by molar-refractivity contribution is -0.139. The summed E-state index contributed by atoms with van der Waals surface area (Å²) in [5.74, 6) is -1.44. The largest absolute Gasteiger partial charge is 0.480 e. The van der Waals surface area contributed by atoms with Crippen LogP contribution in [0, 0.1) is 12.7 Å². The van der Waals surface area contributed by atoms with Gasteiger partial charge in [-0.2, -0.15) is 16.5 Å².